The first-order chi connectivity index (χ1) is 5.27. The molecule has 0 saturated heterocycles. The molecule has 0 fully saturated rings. The van der Waals surface area contributed by atoms with Crippen LogP contribution in [0.5, 0.6) is 0 Å². The van der Waals surface area contributed by atoms with E-state index in [2.05, 4.69) is 4.99 Å². The molecule has 11 heavy (non-hydrogen) atoms. The van der Waals surface area contributed by atoms with Crippen LogP contribution in [0.1, 0.15) is 0 Å². The van der Waals surface area contributed by atoms with E-state index in [9.17, 15) is 0 Å². The van der Waals surface area contributed by atoms with Gasteiger partial charge in [0.05, 0.1) is 6.29 Å². The fourth-order valence-electron chi connectivity index (χ4n) is 1.09. The minimum absolute atomic E-state index is 0.508. The Hall–Kier alpha value is -0.310. The van der Waals surface area contributed by atoms with Crippen molar-refractivity contribution in [2.45, 2.75) is 0 Å². The second-order valence-corrected chi connectivity index (χ2v) is 3.99. The van der Waals surface area contributed by atoms with Crippen LogP contribution >= 0.6 is 20.4 Å². The highest BCUT2D eigenvalue weighted by molar-refractivity contribution is 7.45. The van der Waals surface area contributed by atoms with E-state index in [0.29, 0.717) is 6.67 Å². The van der Waals surface area contributed by atoms with Gasteiger partial charge in [0.15, 0.2) is 0 Å². The van der Waals surface area contributed by atoms with Crippen LogP contribution in [0.4, 0.5) is 0 Å². The lowest BCUT2D eigenvalue weighted by Crippen LogP contribution is -2.41. The fraction of sp³-hybridized carbons (Fsp3) is 0.400. The molecule has 0 aliphatic carbocycles. The Morgan fingerprint density at radius 1 is 1.73 bits per heavy atom. The topological polar surface area (TPSA) is 44.9 Å². The highest BCUT2D eigenvalue weighted by atomic mass is 35.5. The zero-order chi connectivity index (χ0) is 7.84. The second-order valence-electron chi connectivity index (χ2n) is 2.38. The van der Waals surface area contributed by atoms with Crippen molar-refractivity contribution in [3.8, 4) is 0 Å². The predicted octanol–water partition coefficient (Wildman–Crippen LogP) is 0.479. The number of aliphatic imine (C=N–C) groups is 1. The van der Waals surface area contributed by atoms with E-state index in [0.717, 1.165) is 26.0 Å². The minimum Gasteiger partial charge on any atom is -0.297 e. The van der Waals surface area contributed by atoms with Gasteiger partial charge in [0.25, 0.3) is 0 Å². The molecule has 2 aliphatic rings. The number of amidine groups is 1. The van der Waals surface area contributed by atoms with Gasteiger partial charge in [-0.2, -0.15) is 0 Å². The summed E-state index contributed by atoms with van der Waals surface area (Å²) < 4.78 is 1.55. The summed E-state index contributed by atoms with van der Waals surface area (Å²) in [6.07, 6.45) is 2.77. The summed E-state index contributed by atoms with van der Waals surface area (Å²) in [5.74, 6) is 6.46. The third-order valence-corrected chi connectivity index (χ3v) is 2.87. The Bertz CT molecular complexity index is 239. The molecular formula is C5H8ClN4P. The van der Waals surface area contributed by atoms with Gasteiger partial charge in [-0.25, -0.2) is 10.3 Å². The molecule has 0 aromatic rings. The van der Waals surface area contributed by atoms with Crippen LogP contribution < -0.4 is 5.84 Å². The standard InChI is InChI=1S/C5H8ClN4P/c6-10-3-9(7)1-4-5(10)8-2-11-4/h1,11H,2-3,7H2. The smallest absolute Gasteiger partial charge is 0.149 e. The summed E-state index contributed by atoms with van der Waals surface area (Å²) in [7, 11) is 0.720. The van der Waals surface area contributed by atoms with Gasteiger partial charge in [-0.05, 0) is 0 Å². The molecule has 0 amide bonds. The average Bonchev–Trinajstić information content (AvgIpc) is 2.34. The van der Waals surface area contributed by atoms with Crippen molar-refractivity contribution in [3.05, 3.63) is 11.5 Å². The van der Waals surface area contributed by atoms with Crippen LogP contribution in [0.25, 0.3) is 0 Å². The summed E-state index contributed by atoms with van der Waals surface area (Å²) >= 11 is 5.86. The summed E-state index contributed by atoms with van der Waals surface area (Å²) in [6, 6.07) is 0. The normalized spacial score (nSPS) is 25.3. The molecule has 0 spiro atoms. The molecule has 0 aromatic heterocycles. The lowest BCUT2D eigenvalue weighted by molar-refractivity contribution is 0.317. The van der Waals surface area contributed by atoms with Crippen molar-refractivity contribution < 1.29 is 0 Å². The molecule has 0 saturated carbocycles. The first-order valence-electron chi connectivity index (χ1n) is 3.22. The summed E-state index contributed by atoms with van der Waals surface area (Å²) in [6.45, 7) is 0.508. The Morgan fingerprint density at radius 2 is 2.55 bits per heavy atom. The van der Waals surface area contributed by atoms with Crippen LogP contribution in [0, 0.1) is 0 Å². The highest BCUT2D eigenvalue weighted by Crippen LogP contribution is 2.35. The predicted molar refractivity (Wildman–Crippen MR) is 47.3 cm³/mol. The Balaban J connectivity index is 2.32. The molecule has 4 nitrogen and oxygen atoms in total. The van der Waals surface area contributed by atoms with Crippen LogP contribution in [0.3, 0.4) is 0 Å². The first-order valence-corrected chi connectivity index (χ1v) is 4.77. The number of rotatable bonds is 0. The third kappa shape index (κ3) is 1.22. The monoisotopic (exact) mass is 190 g/mol. The van der Waals surface area contributed by atoms with Gasteiger partial charge < -0.3 is 0 Å². The zero-order valence-corrected chi connectivity index (χ0v) is 7.54. The van der Waals surface area contributed by atoms with E-state index in [-0.39, 0.29) is 0 Å². The molecule has 1 unspecified atom stereocenters. The fourth-order valence-corrected chi connectivity index (χ4v) is 2.46. The van der Waals surface area contributed by atoms with Crippen molar-refractivity contribution in [1.29, 1.82) is 0 Å². The molecule has 2 heterocycles. The average molecular weight is 191 g/mol. The lowest BCUT2D eigenvalue weighted by atomic mass is 10.5. The Kier molecular flexibility index (Phi) is 1.75. The van der Waals surface area contributed by atoms with E-state index < -0.39 is 0 Å². The molecule has 0 bridgehead atoms. The summed E-state index contributed by atoms with van der Waals surface area (Å²) in [4.78, 5) is 4.25. The van der Waals surface area contributed by atoms with E-state index in [1.54, 1.807) is 9.43 Å². The molecule has 0 aromatic carbocycles. The second kappa shape index (κ2) is 2.63. The van der Waals surface area contributed by atoms with Crippen LogP contribution in [-0.4, -0.2) is 28.2 Å². The quantitative estimate of drug-likeness (QED) is 0.343. The molecule has 1 atom stereocenters. The summed E-state index contributed by atoms with van der Waals surface area (Å²) in [5, 5.41) is 2.73. The number of hydrogen-bond acceptors (Lipinski definition) is 4. The highest BCUT2D eigenvalue weighted by Gasteiger charge is 2.24. The van der Waals surface area contributed by atoms with Crippen molar-refractivity contribution in [1.82, 2.24) is 9.43 Å². The van der Waals surface area contributed by atoms with Crippen molar-refractivity contribution >= 4 is 26.2 Å². The van der Waals surface area contributed by atoms with Gasteiger partial charge in [-0.1, -0.05) is 8.58 Å². The molecule has 0 radical (unpaired) electrons. The largest absolute Gasteiger partial charge is 0.297 e. The van der Waals surface area contributed by atoms with Crippen LogP contribution in [-0.2, 0) is 0 Å². The molecule has 6 heteroatoms. The van der Waals surface area contributed by atoms with Gasteiger partial charge in [-0.3, -0.25) is 10.0 Å². The number of hydrogen-bond donors (Lipinski definition) is 1. The lowest BCUT2D eigenvalue weighted by Gasteiger charge is -2.27. The maximum absolute atomic E-state index is 5.86. The first kappa shape index (κ1) is 7.35. The van der Waals surface area contributed by atoms with Gasteiger partial charge in [-0.15, -0.1) is 0 Å². The van der Waals surface area contributed by atoms with Gasteiger partial charge in [0.2, 0.25) is 0 Å². The maximum Gasteiger partial charge on any atom is 0.149 e. The van der Waals surface area contributed by atoms with Gasteiger partial charge >= 0.3 is 0 Å². The van der Waals surface area contributed by atoms with Crippen molar-refractivity contribution in [3.63, 3.8) is 0 Å². The Labute approximate surface area is 71.6 Å². The van der Waals surface area contributed by atoms with Gasteiger partial charge in [0.1, 0.15) is 12.5 Å². The van der Waals surface area contributed by atoms with E-state index in [1.807, 2.05) is 6.20 Å². The van der Waals surface area contributed by atoms with E-state index in [1.165, 1.54) is 0 Å². The Morgan fingerprint density at radius 3 is 3.36 bits per heavy atom. The molecule has 2 N–H and O–H groups in total. The maximum atomic E-state index is 5.86. The minimum atomic E-state index is 0.508. The zero-order valence-electron chi connectivity index (χ0n) is 5.79. The third-order valence-electron chi connectivity index (χ3n) is 1.55. The number of hydrazine groups is 1. The van der Waals surface area contributed by atoms with E-state index in [4.69, 9.17) is 17.6 Å². The number of fused-ring (bicyclic) bond motifs is 1. The molecule has 2 aliphatic heterocycles. The van der Waals surface area contributed by atoms with Crippen molar-refractivity contribution in [2.75, 3.05) is 13.0 Å². The SMILES string of the molecule is NN1C=C2PCN=C2N(Cl)C1. The van der Waals surface area contributed by atoms with Crippen LogP contribution in [0.15, 0.2) is 16.5 Å². The number of halogens is 1. The molecular weight excluding hydrogens is 183 g/mol. The summed E-state index contributed by atoms with van der Waals surface area (Å²) in [5.41, 5.74) is 0. The molecule has 60 valence electrons. The number of nitrogens with two attached hydrogens (primary N) is 1. The van der Waals surface area contributed by atoms with E-state index >= 15 is 0 Å². The van der Waals surface area contributed by atoms with Crippen molar-refractivity contribution in [2.24, 2.45) is 10.8 Å². The molecule has 2 rings (SSSR count). The van der Waals surface area contributed by atoms with Crippen LogP contribution in [0.2, 0.25) is 0 Å². The van der Waals surface area contributed by atoms with Gasteiger partial charge in [0, 0.05) is 23.3 Å². The number of nitrogens with zero attached hydrogens (tertiary/aromatic N) is 3.